The fraction of sp³-hybridized carbons (Fsp3) is 0.857. The van der Waals surface area contributed by atoms with Crippen molar-refractivity contribution in [2.75, 3.05) is 13.7 Å². The standard InChI is InChI=1S/C7H15NO2Si/c1-10-7(9)8-5-4-6-11(8,2)3/h4-6H2,1-3H3. The van der Waals surface area contributed by atoms with Gasteiger partial charge in [0, 0.05) is 6.54 Å². The first-order valence-electron chi connectivity index (χ1n) is 3.93. The van der Waals surface area contributed by atoms with Gasteiger partial charge in [0.25, 0.3) is 0 Å². The quantitative estimate of drug-likeness (QED) is 0.521. The van der Waals surface area contributed by atoms with Crippen molar-refractivity contribution in [3.63, 3.8) is 0 Å². The third kappa shape index (κ3) is 1.56. The molecule has 0 aromatic heterocycles. The van der Waals surface area contributed by atoms with E-state index >= 15 is 0 Å². The summed E-state index contributed by atoms with van der Waals surface area (Å²) in [7, 11) is 0.0547. The smallest absolute Gasteiger partial charge is 0.401 e. The Hall–Kier alpha value is -0.513. The molecule has 1 fully saturated rings. The number of ether oxygens (including phenoxy) is 1. The van der Waals surface area contributed by atoms with Crippen LogP contribution in [0.25, 0.3) is 0 Å². The van der Waals surface area contributed by atoms with E-state index in [9.17, 15) is 4.79 Å². The second-order valence-corrected chi connectivity index (χ2v) is 8.20. The highest BCUT2D eigenvalue weighted by atomic mass is 28.3. The lowest BCUT2D eigenvalue weighted by Gasteiger charge is -2.27. The van der Waals surface area contributed by atoms with E-state index in [0.29, 0.717) is 0 Å². The Labute approximate surface area is 68.4 Å². The molecule has 0 unspecified atom stereocenters. The van der Waals surface area contributed by atoms with Crippen molar-refractivity contribution < 1.29 is 9.53 Å². The van der Waals surface area contributed by atoms with Gasteiger partial charge >= 0.3 is 6.09 Å². The van der Waals surface area contributed by atoms with E-state index in [0.717, 1.165) is 13.0 Å². The highest BCUT2D eigenvalue weighted by Gasteiger charge is 2.38. The maximum atomic E-state index is 11.2. The molecule has 64 valence electrons. The number of hydrogen-bond donors (Lipinski definition) is 0. The molecule has 0 spiro atoms. The Morgan fingerprint density at radius 1 is 1.55 bits per heavy atom. The molecule has 3 nitrogen and oxygen atoms in total. The number of nitrogens with zero attached hydrogens (tertiary/aromatic N) is 1. The highest BCUT2D eigenvalue weighted by molar-refractivity contribution is 6.77. The lowest BCUT2D eigenvalue weighted by molar-refractivity contribution is 0.149. The van der Waals surface area contributed by atoms with Crippen molar-refractivity contribution >= 4 is 14.3 Å². The molecule has 0 radical (unpaired) electrons. The largest absolute Gasteiger partial charge is 0.453 e. The molecule has 1 aliphatic rings. The molecule has 1 saturated heterocycles. The van der Waals surface area contributed by atoms with Gasteiger partial charge in [-0.3, -0.25) is 0 Å². The summed E-state index contributed by atoms with van der Waals surface area (Å²) in [5.74, 6) is 0. The van der Waals surface area contributed by atoms with E-state index in [4.69, 9.17) is 4.74 Å². The van der Waals surface area contributed by atoms with Gasteiger partial charge in [-0.05, 0) is 12.5 Å². The number of carbonyl (C=O) groups is 1. The first-order chi connectivity index (χ1) is 5.08. The molecule has 0 aliphatic carbocycles. The molecule has 4 heteroatoms. The average Bonchev–Trinajstić information content (AvgIpc) is 2.28. The molecule has 1 heterocycles. The third-order valence-corrected chi connectivity index (χ3v) is 5.74. The Kier molecular flexibility index (Phi) is 2.22. The maximum absolute atomic E-state index is 11.2. The van der Waals surface area contributed by atoms with E-state index in [-0.39, 0.29) is 6.09 Å². The predicted molar refractivity (Wildman–Crippen MR) is 46.0 cm³/mol. The van der Waals surface area contributed by atoms with E-state index < -0.39 is 8.24 Å². The zero-order chi connectivity index (χ0) is 8.48. The van der Waals surface area contributed by atoms with E-state index in [1.807, 2.05) is 4.57 Å². The fourth-order valence-corrected chi connectivity index (χ4v) is 4.20. The fourth-order valence-electron chi connectivity index (χ4n) is 1.56. The van der Waals surface area contributed by atoms with Gasteiger partial charge in [-0.25, -0.2) is 4.79 Å². The first-order valence-corrected chi connectivity index (χ1v) is 7.09. The Morgan fingerprint density at radius 2 is 2.18 bits per heavy atom. The van der Waals surface area contributed by atoms with Crippen molar-refractivity contribution in [2.45, 2.75) is 25.6 Å². The minimum Gasteiger partial charge on any atom is -0.453 e. The van der Waals surface area contributed by atoms with Gasteiger partial charge in [-0.1, -0.05) is 13.1 Å². The van der Waals surface area contributed by atoms with Gasteiger partial charge < -0.3 is 9.30 Å². The van der Waals surface area contributed by atoms with Crippen LogP contribution in [0.4, 0.5) is 4.79 Å². The van der Waals surface area contributed by atoms with Crippen LogP contribution in [0.15, 0.2) is 0 Å². The van der Waals surface area contributed by atoms with Crippen molar-refractivity contribution in [3.05, 3.63) is 0 Å². The van der Waals surface area contributed by atoms with Crippen LogP contribution in [0.2, 0.25) is 19.1 Å². The molecule has 1 amide bonds. The molecule has 0 aromatic carbocycles. The summed E-state index contributed by atoms with van der Waals surface area (Å²) in [6.07, 6.45) is 1.01. The number of amides is 1. The second-order valence-electron chi connectivity index (χ2n) is 3.54. The van der Waals surface area contributed by atoms with Crippen LogP contribution in [-0.2, 0) is 4.74 Å². The maximum Gasteiger partial charge on any atom is 0.401 e. The van der Waals surface area contributed by atoms with Gasteiger partial charge in [-0.15, -0.1) is 0 Å². The summed E-state index contributed by atoms with van der Waals surface area (Å²) in [4.78, 5) is 11.2. The monoisotopic (exact) mass is 173 g/mol. The van der Waals surface area contributed by atoms with Crippen molar-refractivity contribution in [1.82, 2.24) is 4.57 Å². The highest BCUT2D eigenvalue weighted by Crippen LogP contribution is 2.25. The Morgan fingerprint density at radius 3 is 2.55 bits per heavy atom. The molecule has 0 N–H and O–H groups in total. The first kappa shape index (κ1) is 8.58. The van der Waals surface area contributed by atoms with Gasteiger partial charge in [-0.2, -0.15) is 0 Å². The molecule has 0 aromatic rings. The Balaban J connectivity index is 2.64. The zero-order valence-electron chi connectivity index (χ0n) is 7.39. The van der Waals surface area contributed by atoms with Crippen LogP contribution in [0.1, 0.15) is 6.42 Å². The summed E-state index contributed by atoms with van der Waals surface area (Å²) in [5.41, 5.74) is 0. The minimum absolute atomic E-state index is 0.140. The second kappa shape index (κ2) is 2.85. The molecule has 0 saturated carbocycles. The molecule has 11 heavy (non-hydrogen) atoms. The van der Waals surface area contributed by atoms with Crippen LogP contribution < -0.4 is 0 Å². The van der Waals surface area contributed by atoms with Crippen molar-refractivity contribution in [2.24, 2.45) is 0 Å². The summed E-state index contributed by atoms with van der Waals surface area (Å²) in [6, 6.07) is 1.21. The lowest BCUT2D eigenvalue weighted by Crippen LogP contribution is -2.46. The lowest BCUT2D eigenvalue weighted by atomic mass is 10.5. The Bertz CT molecular complexity index is 170. The van der Waals surface area contributed by atoms with Gasteiger partial charge in [0.15, 0.2) is 8.24 Å². The molecular formula is C7H15NO2Si. The number of rotatable bonds is 0. The summed E-state index contributed by atoms with van der Waals surface area (Å²) in [5, 5.41) is 0. The van der Waals surface area contributed by atoms with Crippen LogP contribution in [0.3, 0.4) is 0 Å². The molecule has 0 bridgehead atoms. The van der Waals surface area contributed by atoms with Gasteiger partial charge in [0.05, 0.1) is 7.11 Å². The molecule has 1 aliphatic heterocycles. The summed E-state index contributed by atoms with van der Waals surface area (Å²) >= 11 is 0. The van der Waals surface area contributed by atoms with Crippen LogP contribution in [-0.4, -0.2) is 32.5 Å². The van der Waals surface area contributed by atoms with Crippen LogP contribution in [0.5, 0.6) is 0 Å². The van der Waals surface area contributed by atoms with Crippen molar-refractivity contribution in [3.8, 4) is 0 Å². The van der Waals surface area contributed by atoms with Gasteiger partial charge in [0.2, 0.25) is 0 Å². The SMILES string of the molecule is COC(=O)N1CCC[Si]1(C)C. The number of methoxy groups -OCH3 is 1. The van der Waals surface area contributed by atoms with Crippen molar-refractivity contribution in [1.29, 1.82) is 0 Å². The molecular weight excluding hydrogens is 158 g/mol. The van der Waals surface area contributed by atoms with Crippen LogP contribution >= 0.6 is 0 Å². The normalized spacial score (nSPS) is 21.9. The number of carbonyl (C=O) groups excluding carboxylic acids is 1. The minimum atomic E-state index is -1.39. The van der Waals surface area contributed by atoms with E-state index in [2.05, 4.69) is 13.1 Å². The molecule has 0 atom stereocenters. The predicted octanol–water partition coefficient (Wildman–Crippen LogP) is 1.66. The van der Waals surface area contributed by atoms with Crippen LogP contribution in [0, 0.1) is 0 Å². The number of hydrogen-bond acceptors (Lipinski definition) is 2. The van der Waals surface area contributed by atoms with E-state index in [1.54, 1.807) is 0 Å². The van der Waals surface area contributed by atoms with E-state index in [1.165, 1.54) is 13.2 Å². The topological polar surface area (TPSA) is 29.5 Å². The molecule has 1 rings (SSSR count). The zero-order valence-corrected chi connectivity index (χ0v) is 8.39. The third-order valence-electron chi connectivity index (χ3n) is 2.30. The van der Waals surface area contributed by atoms with Gasteiger partial charge in [0.1, 0.15) is 0 Å². The average molecular weight is 173 g/mol. The summed E-state index contributed by atoms with van der Waals surface area (Å²) in [6.45, 7) is 5.31. The summed E-state index contributed by atoms with van der Waals surface area (Å²) < 4.78 is 6.62.